The minimum absolute atomic E-state index is 0.883. The van der Waals surface area contributed by atoms with Crippen LogP contribution < -0.4 is 5.32 Å². The molecule has 2 aliphatic heterocycles. The molecule has 0 aliphatic carbocycles. The van der Waals surface area contributed by atoms with E-state index in [1.54, 1.807) is 0 Å². The van der Waals surface area contributed by atoms with Crippen LogP contribution in [0.2, 0.25) is 0 Å². The maximum atomic E-state index is 3.77. The van der Waals surface area contributed by atoms with Crippen molar-refractivity contribution in [3.8, 4) is 0 Å². The van der Waals surface area contributed by atoms with Gasteiger partial charge in [0.2, 0.25) is 0 Å². The largest absolute Gasteiger partial charge is 0.311 e. The quantitative estimate of drug-likeness (QED) is 0.677. The van der Waals surface area contributed by atoms with Crippen molar-refractivity contribution in [2.45, 2.75) is 76.8 Å². The highest BCUT2D eigenvalue weighted by Crippen LogP contribution is 2.32. The first-order chi connectivity index (χ1) is 6.88. The topological polar surface area (TPSA) is 12.0 Å². The Morgan fingerprint density at radius 2 is 1.79 bits per heavy atom. The van der Waals surface area contributed by atoms with Crippen LogP contribution in [0.5, 0.6) is 0 Å². The summed E-state index contributed by atoms with van der Waals surface area (Å²) in [6.45, 7) is 2.30. The molecule has 2 bridgehead atoms. The smallest absolute Gasteiger partial charge is 0.00723 e. The van der Waals surface area contributed by atoms with E-state index in [1.165, 1.54) is 57.8 Å². The summed E-state index contributed by atoms with van der Waals surface area (Å²) in [4.78, 5) is 0. The summed E-state index contributed by atoms with van der Waals surface area (Å²) in [5.74, 6) is 1.05. The molecule has 0 aromatic heterocycles. The fraction of sp³-hybridized carbons (Fsp3) is 1.00. The molecule has 0 aromatic carbocycles. The minimum Gasteiger partial charge on any atom is -0.311 e. The fourth-order valence-corrected chi connectivity index (χ4v) is 3.30. The van der Waals surface area contributed by atoms with E-state index in [0.717, 1.165) is 18.0 Å². The van der Waals surface area contributed by atoms with Gasteiger partial charge in [0.05, 0.1) is 0 Å². The number of hydrogen-bond acceptors (Lipinski definition) is 1. The summed E-state index contributed by atoms with van der Waals surface area (Å²) in [5, 5.41) is 3.77. The second-order valence-electron chi connectivity index (χ2n) is 5.32. The van der Waals surface area contributed by atoms with Crippen LogP contribution in [0, 0.1) is 5.92 Å². The highest BCUT2D eigenvalue weighted by atomic mass is 15.0. The second-order valence-corrected chi connectivity index (χ2v) is 5.32. The summed E-state index contributed by atoms with van der Waals surface area (Å²) in [7, 11) is 0. The highest BCUT2D eigenvalue weighted by Gasteiger charge is 2.30. The summed E-state index contributed by atoms with van der Waals surface area (Å²) < 4.78 is 0. The third kappa shape index (κ3) is 2.73. The van der Waals surface area contributed by atoms with Gasteiger partial charge in [-0.05, 0) is 31.6 Å². The van der Waals surface area contributed by atoms with Crippen molar-refractivity contribution in [2.75, 3.05) is 0 Å². The van der Waals surface area contributed by atoms with E-state index in [2.05, 4.69) is 12.2 Å². The van der Waals surface area contributed by atoms with Crippen molar-refractivity contribution in [2.24, 2.45) is 5.92 Å². The molecule has 2 atom stereocenters. The molecule has 82 valence electrons. The molecular formula is C13H25N. The van der Waals surface area contributed by atoms with Gasteiger partial charge in [0.1, 0.15) is 0 Å². The number of fused-ring (bicyclic) bond motifs is 2. The van der Waals surface area contributed by atoms with Crippen molar-refractivity contribution in [3.05, 3.63) is 0 Å². The molecule has 1 heteroatoms. The number of nitrogens with one attached hydrogen (secondary N) is 1. The van der Waals surface area contributed by atoms with Gasteiger partial charge in [-0.1, -0.05) is 39.0 Å². The van der Waals surface area contributed by atoms with Crippen LogP contribution in [-0.2, 0) is 0 Å². The zero-order valence-corrected chi connectivity index (χ0v) is 9.60. The summed E-state index contributed by atoms with van der Waals surface area (Å²) in [6.07, 6.45) is 13.1. The van der Waals surface area contributed by atoms with E-state index in [0.29, 0.717) is 0 Å². The maximum Gasteiger partial charge on any atom is 0.00723 e. The third-order valence-corrected chi connectivity index (χ3v) is 4.03. The van der Waals surface area contributed by atoms with Gasteiger partial charge in [0.25, 0.3) is 0 Å². The van der Waals surface area contributed by atoms with E-state index in [4.69, 9.17) is 0 Å². The van der Waals surface area contributed by atoms with Crippen LogP contribution in [0.3, 0.4) is 0 Å². The molecule has 1 nitrogen and oxygen atoms in total. The Labute approximate surface area is 88.7 Å². The molecule has 2 heterocycles. The van der Waals surface area contributed by atoms with E-state index < -0.39 is 0 Å². The van der Waals surface area contributed by atoms with Crippen LogP contribution in [-0.4, -0.2) is 12.1 Å². The lowest BCUT2D eigenvalue weighted by Crippen LogP contribution is -2.48. The number of hydrogen-bond donors (Lipinski definition) is 1. The first kappa shape index (κ1) is 10.5. The Hall–Kier alpha value is -0.0400. The molecule has 0 amide bonds. The molecule has 0 spiro atoms. The monoisotopic (exact) mass is 195 g/mol. The molecule has 0 aromatic rings. The van der Waals surface area contributed by atoms with Crippen LogP contribution in [0.15, 0.2) is 0 Å². The summed E-state index contributed by atoms with van der Waals surface area (Å²) in [6, 6.07) is 1.77. The van der Waals surface area contributed by atoms with E-state index in [-0.39, 0.29) is 0 Å². The second kappa shape index (κ2) is 5.16. The lowest BCUT2D eigenvalue weighted by molar-refractivity contribution is 0.177. The van der Waals surface area contributed by atoms with Crippen LogP contribution >= 0.6 is 0 Å². The Balaban J connectivity index is 1.72. The van der Waals surface area contributed by atoms with E-state index >= 15 is 0 Å². The Morgan fingerprint density at radius 3 is 2.43 bits per heavy atom. The molecule has 14 heavy (non-hydrogen) atoms. The normalized spacial score (nSPS) is 37.1. The van der Waals surface area contributed by atoms with Crippen LogP contribution in [0.4, 0.5) is 0 Å². The molecule has 2 saturated heterocycles. The summed E-state index contributed by atoms with van der Waals surface area (Å²) >= 11 is 0. The zero-order valence-electron chi connectivity index (χ0n) is 9.60. The SMILES string of the molecule is CCCCCC1CC2CCCC(C1)N2. The van der Waals surface area contributed by atoms with Gasteiger partial charge >= 0.3 is 0 Å². The van der Waals surface area contributed by atoms with Gasteiger partial charge in [-0.15, -0.1) is 0 Å². The lowest BCUT2D eigenvalue weighted by Gasteiger charge is -2.40. The molecule has 2 rings (SSSR count). The molecular weight excluding hydrogens is 170 g/mol. The van der Waals surface area contributed by atoms with Gasteiger partial charge in [-0.2, -0.15) is 0 Å². The van der Waals surface area contributed by atoms with Gasteiger partial charge in [-0.3, -0.25) is 0 Å². The molecule has 2 fully saturated rings. The van der Waals surface area contributed by atoms with Gasteiger partial charge in [0, 0.05) is 12.1 Å². The maximum absolute atomic E-state index is 3.77. The fourth-order valence-electron chi connectivity index (χ4n) is 3.30. The average Bonchev–Trinajstić information content (AvgIpc) is 2.18. The Kier molecular flexibility index (Phi) is 3.86. The van der Waals surface area contributed by atoms with Crippen molar-refractivity contribution < 1.29 is 0 Å². The Bertz CT molecular complexity index is 155. The average molecular weight is 195 g/mol. The van der Waals surface area contributed by atoms with Gasteiger partial charge in [-0.25, -0.2) is 0 Å². The van der Waals surface area contributed by atoms with Crippen LogP contribution in [0.25, 0.3) is 0 Å². The lowest BCUT2D eigenvalue weighted by atomic mass is 9.78. The van der Waals surface area contributed by atoms with Crippen LogP contribution in [0.1, 0.15) is 64.7 Å². The molecule has 1 N–H and O–H groups in total. The predicted molar refractivity (Wildman–Crippen MR) is 61.4 cm³/mol. The minimum atomic E-state index is 0.883. The predicted octanol–water partition coefficient (Wildman–Crippen LogP) is 3.49. The molecule has 0 saturated carbocycles. The first-order valence-corrected chi connectivity index (χ1v) is 6.64. The van der Waals surface area contributed by atoms with Crippen molar-refractivity contribution in [1.82, 2.24) is 5.32 Å². The van der Waals surface area contributed by atoms with E-state index in [1.807, 2.05) is 0 Å². The zero-order chi connectivity index (χ0) is 9.80. The van der Waals surface area contributed by atoms with E-state index in [9.17, 15) is 0 Å². The third-order valence-electron chi connectivity index (χ3n) is 4.03. The Morgan fingerprint density at radius 1 is 1.07 bits per heavy atom. The van der Waals surface area contributed by atoms with Crippen molar-refractivity contribution in [3.63, 3.8) is 0 Å². The highest BCUT2D eigenvalue weighted by molar-refractivity contribution is 4.89. The number of piperidine rings is 2. The van der Waals surface area contributed by atoms with Crippen molar-refractivity contribution in [1.29, 1.82) is 0 Å². The summed E-state index contributed by atoms with van der Waals surface area (Å²) in [5.41, 5.74) is 0. The van der Waals surface area contributed by atoms with Crippen molar-refractivity contribution >= 4 is 0 Å². The standard InChI is InChI=1S/C13H25N/c1-2-3-4-6-11-9-12-7-5-8-13(10-11)14-12/h11-14H,2-10H2,1H3. The number of unbranched alkanes of at least 4 members (excludes halogenated alkanes) is 2. The number of rotatable bonds is 4. The van der Waals surface area contributed by atoms with Gasteiger partial charge < -0.3 is 5.32 Å². The van der Waals surface area contributed by atoms with Gasteiger partial charge in [0.15, 0.2) is 0 Å². The molecule has 2 aliphatic rings. The molecule has 2 unspecified atom stereocenters. The first-order valence-electron chi connectivity index (χ1n) is 6.64. The molecule has 0 radical (unpaired) electrons.